The lowest BCUT2D eigenvalue weighted by Gasteiger charge is -2.22. The predicted molar refractivity (Wildman–Crippen MR) is 97.1 cm³/mol. The molecule has 2 N–H and O–H groups in total. The summed E-state index contributed by atoms with van der Waals surface area (Å²) in [4.78, 5) is 21.5. The van der Waals surface area contributed by atoms with Crippen LogP contribution in [0.25, 0.3) is 0 Å². The van der Waals surface area contributed by atoms with Crippen LogP contribution in [0.15, 0.2) is 0 Å². The van der Waals surface area contributed by atoms with Gasteiger partial charge in [0.05, 0.1) is 12.8 Å². The van der Waals surface area contributed by atoms with Crippen molar-refractivity contribution in [3.8, 4) is 0 Å². The van der Waals surface area contributed by atoms with E-state index in [0.717, 1.165) is 50.0 Å². The number of rotatable bonds is 14. The van der Waals surface area contributed by atoms with Gasteiger partial charge in [0.25, 0.3) is 0 Å². The van der Waals surface area contributed by atoms with Gasteiger partial charge in [0.15, 0.2) is 0 Å². The summed E-state index contributed by atoms with van der Waals surface area (Å²) in [6.07, 6.45) is 6.85. The molecule has 0 fully saturated rings. The summed E-state index contributed by atoms with van der Waals surface area (Å²) in [5.74, 6) is 0.828. The molecule has 0 aromatic rings. The van der Waals surface area contributed by atoms with E-state index >= 15 is 0 Å². The molecule has 0 aromatic heterocycles. The van der Waals surface area contributed by atoms with Gasteiger partial charge in [-0.3, -0.25) is 9.59 Å². The molecule has 0 unspecified atom stereocenters. The zero-order chi connectivity index (χ0) is 17.9. The zero-order valence-corrected chi connectivity index (χ0v) is 16.0. The second kappa shape index (κ2) is 11.0. The van der Waals surface area contributed by atoms with Gasteiger partial charge in [-0.2, -0.15) is 11.8 Å². The van der Waals surface area contributed by atoms with Crippen molar-refractivity contribution in [2.24, 2.45) is 10.8 Å². The average molecular weight is 347 g/mol. The van der Waals surface area contributed by atoms with Crippen molar-refractivity contribution in [1.29, 1.82) is 0 Å². The van der Waals surface area contributed by atoms with Gasteiger partial charge < -0.3 is 10.2 Å². The number of unbranched alkanes of at least 4 members (excludes halogenated alkanes) is 2. The summed E-state index contributed by atoms with van der Waals surface area (Å²) >= 11 is 1.95. The lowest BCUT2D eigenvalue weighted by atomic mass is 9.84. The molecule has 0 heterocycles. The van der Waals surface area contributed by atoms with Crippen LogP contribution in [0.4, 0.5) is 0 Å². The number of thioether (sulfide) groups is 1. The average Bonchev–Trinajstić information content (AvgIpc) is 2.33. The van der Waals surface area contributed by atoms with Crippen LogP contribution in [0.5, 0.6) is 0 Å². The fraction of sp³-hybridized carbons (Fsp3) is 0.889. The molecule has 136 valence electrons. The number of carbonyl (C=O) groups is 2. The summed E-state index contributed by atoms with van der Waals surface area (Å²) < 4.78 is 0. The summed E-state index contributed by atoms with van der Waals surface area (Å²) in [6.45, 7) is 8.08. The van der Waals surface area contributed by atoms with Crippen molar-refractivity contribution in [2.75, 3.05) is 11.5 Å². The minimum atomic E-state index is -0.713. The van der Waals surface area contributed by atoms with Gasteiger partial charge in [-0.25, -0.2) is 0 Å². The van der Waals surface area contributed by atoms with E-state index in [1.807, 2.05) is 39.5 Å². The highest BCUT2D eigenvalue weighted by Gasteiger charge is 2.21. The van der Waals surface area contributed by atoms with Crippen molar-refractivity contribution in [3.63, 3.8) is 0 Å². The molecule has 0 atom stereocenters. The van der Waals surface area contributed by atoms with E-state index in [-0.39, 0.29) is 23.7 Å². The Morgan fingerprint density at radius 2 is 1.09 bits per heavy atom. The Balaban J connectivity index is 3.53. The highest BCUT2D eigenvalue weighted by molar-refractivity contribution is 7.99. The first-order valence-electron chi connectivity index (χ1n) is 8.55. The monoisotopic (exact) mass is 346 g/mol. The molecule has 0 amide bonds. The fourth-order valence-corrected chi connectivity index (χ4v) is 3.73. The van der Waals surface area contributed by atoms with Gasteiger partial charge in [-0.05, 0) is 48.0 Å². The lowest BCUT2D eigenvalue weighted by molar-refractivity contribution is -0.140. The molecule has 0 aliphatic rings. The third-order valence-electron chi connectivity index (χ3n) is 4.04. The van der Waals surface area contributed by atoms with Crippen molar-refractivity contribution >= 4 is 23.7 Å². The van der Waals surface area contributed by atoms with Crippen LogP contribution in [0.3, 0.4) is 0 Å². The third kappa shape index (κ3) is 14.6. The summed E-state index contributed by atoms with van der Waals surface area (Å²) in [5, 5.41) is 17.7. The van der Waals surface area contributed by atoms with Crippen LogP contribution in [0.1, 0.15) is 79.1 Å². The zero-order valence-electron chi connectivity index (χ0n) is 15.2. The molecule has 0 aliphatic carbocycles. The lowest BCUT2D eigenvalue weighted by Crippen LogP contribution is -2.16. The van der Waals surface area contributed by atoms with Crippen molar-refractivity contribution in [3.05, 3.63) is 0 Å². The highest BCUT2D eigenvalue weighted by Crippen LogP contribution is 2.29. The molecule has 0 bridgehead atoms. The van der Waals surface area contributed by atoms with Crippen LogP contribution < -0.4 is 0 Å². The molecule has 5 heteroatoms. The van der Waals surface area contributed by atoms with Gasteiger partial charge in [0.1, 0.15) is 0 Å². The second-order valence-corrected chi connectivity index (χ2v) is 9.22. The maximum atomic E-state index is 10.7. The van der Waals surface area contributed by atoms with E-state index in [2.05, 4.69) is 0 Å². The summed E-state index contributed by atoms with van der Waals surface area (Å²) in [7, 11) is 0. The molecule has 0 rings (SSSR count). The number of hydrogen-bond acceptors (Lipinski definition) is 3. The Bertz CT molecular complexity index is 330. The topological polar surface area (TPSA) is 74.6 Å². The van der Waals surface area contributed by atoms with E-state index in [0.29, 0.717) is 0 Å². The molecular weight excluding hydrogens is 312 g/mol. The van der Waals surface area contributed by atoms with Gasteiger partial charge in [0, 0.05) is 0 Å². The van der Waals surface area contributed by atoms with E-state index in [1.165, 1.54) is 0 Å². The number of carboxylic acids is 2. The van der Waals surface area contributed by atoms with E-state index in [1.54, 1.807) is 0 Å². The highest BCUT2D eigenvalue weighted by atomic mass is 32.2. The Morgan fingerprint density at radius 1 is 0.739 bits per heavy atom. The molecule has 4 nitrogen and oxygen atoms in total. The largest absolute Gasteiger partial charge is 0.481 e. The first-order valence-corrected chi connectivity index (χ1v) is 9.71. The molecule has 23 heavy (non-hydrogen) atoms. The first kappa shape index (κ1) is 22.3. The molecular formula is C18H34O4S. The van der Waals surface area contributed by atoms with Crippen LogP contribution in [-0.2, 0) is 9.59 Å². The van der Waals surface area contributed by atoms with Gasteiger partial charge >= 0.3 is 11.9 Å². The quantitative estimate of drug-likeness (QED) is 0.430. The van der Waals surface area contributed by atoms with Crippen molar-refractivity contribution in [1.82, 2.24) is 0 Å². The van der Waals surface area contributed by atoms with Gasteiger partial charge in [-0.15, -0.1) is 0 Å². The fourth-order valence-electron chi connectivity index (χ4n) is 2.71. The van der Waals surface area contributed by atoms with E-state index < -0.39 is 11.9 Å². The maximum absolute atomic E-state index is 10.7. The number of hydrogen-bond donors (Lipinski definition) is 2. The first-order chi connectivity index (χ1) is 10.5. The number of aliphatic carboxylic acids is 2. The Hall–Kier alpha value is -0.710. The number of carboxylic acid groups (broad SMARTS) is 2. The summed E-state index contributed by atoms with van der Waals surface area (Å²) in [6, 6.07) is 0. The van der Waals surface area contributed by atoms with Gasteiger partial charge in [0.2, 0.25) is 0 Å². The molecule has 0 aromatic carbocycles. The van der Waals surface area contributed by atoms with Crippen molar-refractivity contribution in [2.45, 2.75) is 79.1 Å². The predicted octanol–water partition coefficient (Wildman–Crippen LogP) is 5.06. The normalized spacial score (nSPS) is 12.3. The minimum Gasteiger partial charge on any atom is -0.481 e. The maximum Gasteiger partial charge on any atom is 0.303 e. The van der Waals surface area contributed by atoms with Crippen LogP contribution in [-0.4, -0.2) is 33.7 Å². The van der Waals surface area contributed by atoms with Crippen LogP contribution in [0.2, 0.25) is 0 Å². The molecule has 0 radical (unpaired) electrons. The van der Waals surface area contributed by atoms with E-state index in [4.69, 9.17) is 10.2 Å². The summed E-state index contributed by atoms with van der Waals surface area (Å²) in [5.41, 5.74) is -0.210. The van der Waals surface area contributed by atoms with Crippen molar-refractivity contribution < 1.29 is 19.8 Å². The Labute approximate surface area is 145 Å². The molecule has 0 saturated carbocycles. The smallest absolute Gasteiger partial charge is 0.303 e. The molecule has 0 aliphatic heterocycles. The second-order valence-electron chi connectivity index (χ2n) is 8.00. The Morgan fingerprint density at radius 3 is 1.39 bits per heavy atom. The van der Waals surface area contributed by atoms with Crippen LogP contribution >= 0.6 is 11.8 Å². The third-order valence-corrected chi connectivity index (χ3v) is 5.20. The molecule has 0 spiro atoms. The van der Waals surface area contributed by atoms with Crippen LogP contribution in [0, 0.1) is 10.8 Å². The minimum absolute atomic E-state index is 0.105. The standard InChI is InChI=1S/C18H34O4S/c1-17(2,13-15(19)20)9-5-7-11-23-12-8-6-10-18(3,4)14-16(21)22/h5-14H2,1-4H3,(H,19,20)(H,21,22). The van der Waals surface area contributed by atoms with Gasteiger partial charge in [-0.1, -0.05) is 40.5 Å². The molecule has 0 saturated heterocycles. The van der Waals surface area contributed by atoms with E-state index in [9.17, 15) is 9.59 Å². The SMILES string of the molecule is CC(C)(CCCCSCCCCC(C)(C)CC(=O)O)CC(=O)O. The Kier molecular flexibility index (Phi) is 10.6.